The Bertz CT molecular complexity index is 1190. The lowest BCUT2D eigenvalue weighted by Gasteiger charge is -2.04. The quantitative estimate of drug-likeness (QED) is 0.340. The molecule has 122 valence electrons. The first-order valence-corrected chi connectivity index (χ1v) is 8.49. The summed E-state index contributed by atoms with van der Waals surface area (Å²) in [5.74, 6) is -0.0294. The molecular weight excluding hydrogens is 320 g/mol. The Morgan fingerprint density at radius 3 is 1.96 bits per heavy atom. The number of hydrogen-bond acceptors (Lipinski definition) is 3. The summed E-state index contributed by atoms with van der Waals surface area (Å²) in [5.41, 5.74) is 6.83. The maximum atomic E-state index is 12.8. The number of carbonyl (C=O) groups is 1. The van der Waals surface area contributed by atoms with Crippen molar-refractivity contribution < 1.29 is 4.79 Å². The van der Waals surface area contributed by atoms with Crippen LogP contribution in [0.15, 0.2) is 84.9 Å². The lowest BCUT2D eigenvalue weighted by molar-refractivity contribution is 0.104. The highest BCUT2D eigenvalue weighted by Gasteiger charge is 2.27. The van der Waals surface area contributed by atoms with Crippen molar-refractivity contribution in [2.75, 3.05) is 0 Å². The standard InChI is InChI=1S/C23H14N2O/c26-21(15-8-2-1-3-9-15)14-18-16-10-4-5-11-17(16)22-23(18)25-20-13-7-6-12-19(20)24-22/h1-14H/b18-14-. The molecule has 1 aliphatic rings. The Morgan fingerprint density at radius 2 is 1.23 bits per heavy atom. The minimum atomic E-state index is -0.0294. The van der Waals surface area contributed by atoms with E-state index in [1.807, 2.05) is 78.9 Å². The van der Waals surface area contributed by atoms with Gasteiger partial charge in [-0.25, -0.2) is 9.97 Å². The average molecular weight is 334 g/mol. The second-order valence-electron chi connectivity index (χ2n) is 6.24. The molecule has 0 atom stereocenters. The van der Waals surface area contributed by atoms with Crippen molar-refractivity contribution in [1.82, 2.24) is 9.97 Å². The van der Waals surface area contributed by atoms with Crippen LogP contribution in [-0.4, -0.2) is 15.8 Å². The highest BCUT2D eigenvalue weighted by molar-refractivity contribution is 6.13. The normalized spacial score (nSPS) is 13.6. The third kappa shape index (κ3) is 2.25. The first-order valence-electron chi connectivity index (χ1n) is 8.49. The minimum Gasteiger partial charge on any atom is -0.289 e. The van der Waals surface area contributed by atoms with Crippen molar-refractivity contribution in [2.45, 2.75) is 0 Å². The fourth-order valence-electron chi connectivity index (χ4n) is 3.39. The van der Waals surface area contributed by atoms with Crippen LogP contribution in [0.1, 0.15) is 21.6 Å². The summed E-state index contributed by atoms with van der Waals surface area (Å²) in [6.07, 6.45) is 1.68. The predicted molar refractivity (Wildman–Crippen MR) is 103 cm³/mol. The van der Waals surface area contributed by atoms with Crippen LogP contribution in [-0.2, 0) is 0 Å². The average Bonchev–Trinajstić information content (AvgIpc) is 3.00. The molecule has 0 spiro atoms. The van der Waals surface area contributed by atoms with Crippen molar-refractivity contribution in [2.24, 2.45) is 0 Å². The molecule has 0 bridgehead atoms. The van der Waals surface area contributed by atoms with E-state index in [4.69, 9.17) is 9.97 Å². The van der Waals surface area contributed by atoms with Crippen molar-refractivity contribution in [3.05, 3.63) is 102 Å². The molecule has 0 fully saturated rings. The van der Waals surface area contributed by atoms with Crippen LogP contribution < -0.4 is 0 Å². The van der Waals surface area contributed by atoms with Crippen LogP contribution >= 0.6 is 0 Å². The van der Waals surface area contributed by atoms with Crippen molar-refractivity contribution in [3.63, 3.8) is 0 Å². The van der Waals surface area contributed by atoms with E-state index in [2.05, 4.69) is 0 Å². The second-order valence-corrected chi connectivity index (χ2v) is 6.24. The third-order valence-electron chi connectivity index (χ3n) is 4.63. The van der Waals surface area contributed by atoms with Crippen LogP contribution in [0.5, 0.6) is 0 Å². The Morgan fingerprint density at radius 1 is 0.654 bits per heavy atom. The molecule has 4 aromatic rings. The molecule has 1 aliphatic carbocycles. The van der Waals surface area contributed by atoms with Crippen LogP contribution in [0.3, 0.4) is 0 Å². The molecule has 0 radical (unpaired) electrons. The monoisotopic (exact) mass is 334 g/mol. The summed E-state index contributed by atoms with van der Waals surface area (Å²) in [5, 5.41) is 0. The predicted octanol–water partition coefficient (Wildman–Crippen LogP) is 4.92. The first kappa shape index (κ1) is 14.7. The maximum absolute atomic E-state index is 12.8. The highest BCUT2D eigenvalue weighted by atomic mass is 16.1. The molecule has 0 saturated carbocycles. The number of carbonyl (C=O) groups excluding carboxylic acids is 1. The van der Waals surface area contributed by atoms with Crippen LogP contribution in [0, 0.1) is 0 Å². The number of rotatable bonds is 2. The third-order valence-corrected chi connectivity index (χ3v) is 4.63. The zero-order valence-electron chi connectivity index (χ0n) is 13.9. The number of fused-ring (bicyclic) bond motifs is 4. The highest BCUT2D eigenvalue weighted by Crippen LogP contribution is 2.42. The Kier molecular flexibility index (Phi) is 3.25. The van der Waals surface area contributed by atoms with Crippen LogP contribution in [0.25, 0.3) is 27.9 Å². The zero-order chi connectivity index (χ0) is 17.5. The second kappa shape index (κ2) is 5.74. The molecule has 3 aromatic carbocycles. The summed E-state index contributed by atoms with van der Waals surface area (Å²) >= 11 is 0. The summed E-state index contributed by atoms with van der Waals surface area (Å²) in [4.78, 5) is 22.4. The smallest absolute Gasteiger partial charge is 0.186 e. The number of benzene rings is 3. The van der Waals surface area contributed by atoms with Gasteiger partial charge < -0.3 is 0 Å². The van der Waals surface area contributed by atoms with Gasteiger partial charge in [0.15, 0.2) is 5.78 Å². The molecule has 1 aromatic heterocycles. The van der Waals surface area contributed by atoms with Gasteiger partial charge in [-0.05, 0) is 23.8 Å². The minimum absolute atomic E-state index is 0.0294. The molecule has 1 heterocycles. The van der Waals surface area contributed by atoms with E-state index >= 15 is 0 Å². The van der Waals surface area contributed by atoms with Gasteiger partial charge in [0.05, 0.1) is 22.4 Å². The van der Waals surface area contributed by atoms with Crippen molar-refractivity contribution in [1.29, 1.82) is 0 Å². The molecule has 3 nitrogen and oxygen atoms in total. The van der Waals surface area contributed by atoms with Gasteiger partial charge in [0, 0.05) is 16.7 Å². The number of hydrogen-bond donors (Lipinski definition) is 0. The van der Waals surface area contributed by atoms with Gasteiger partial charge in [-0.3, -0.25) is 4.79 Å². The number of ketones is 1. The lowest BCUT2D eigenvalue weighted by atomic mass is 10.0. The fraction of sp³-hybridized carbons (Fsp3) is 0. The van der Waals surface area contributed by atoms with E-state index < -0.39 is 0 Å². The van der Waals surface area contributed by atoms with Crippen molar-refractivity contribution in [3.8, 4) is 11.3 Å². The van der Waals surface area contributed by atoms with E-state index in [-0.39, 0.29) is 5.78 Å². The van der Waals surface area contributed by atoms with E-state index in [1.165, 1.54) is 0 Å². The molecule has 0 unspecified atom stereocenters. The number of allylic oxidation sites excluding steroid dienone is 1. The van der Waals surface area contributed by atoms with E-state index in [0.717, 1.165) is 39.1 Å². The van der Waals surface area contributed by atoms with Crippen LogP contribution in [0.2, 0.25) is 0 Å². The van der Waals surface area contributed by atoms with Crippen LogP contribution in [0.4, 0.5) is 0 Å². The van der Waals surface area contributed by atoms with E-state index in [1.54, 1.807) is 6.08 Å². The van der Waals surface area contributed by atoms with E-state index in [9.17, 15) is 4.79 Å². The fourth-order valence-corrected chi connectivity index (χ4v) is 3.39. The molecule has 0 aliphatic heterocycles. The molecule has 26 heavy (non-hydrogen) atoms. The molecule has 0 amide bonds. The number of aromatic nitrogens is 2. The van der Waals surface area contributed by atoms with Gasteiger partial charge in [-0.15, -0.1) is 0 Å². The largest absolute Gasteiger partial charge is 0.289 e. The molecule has 0 N–H and O–H groups in total. The number of nitrogens with zero attached hydrogens (tertiary/aromatic N) is 2. The van der Waals surface area contributed by atoms with Gasteiger partial charge in [0.1, 0.15) is 0 Å². The van der Waals surface area contributed by atoms with Crippen molar-refractivity contribution >= 4 is 22.4 Å². The Balaban J connectivity index is 1.75. The summed E-state index contributed by atoms with van der Waals surface area (Å²) in [6.45, 7) is 0. The first-order chi connectivity index (χ1) is 12.8. The molecule has 0 saturated heterocycles. The lowest BCUT2D eigenvalue weighted by Crippen LogP contribution is -1.97. The van der Waals surface area contributed by atoms with Gasteiger partial charge in [-0.2, -0.15) is 0 Å². The van der Waals surface area contributed by atoms with Gasteiger partial charge >= 0.3 is 0 Å². The molecule has 5 rings (SSSR count). The topological polar surface area (TPSA) is 42.9 Å². The molecule has 3 heteroatoms. The van der Waals surface area contributed by atoms with Gasteiger partial charge in [0.25, 0.3) is 0 Å². The Labute approximate surface area is 150 Å². The summed E-state index contributed by atoms with van der Waals surface area (Å²) < 4.78 is 0. The van der Waals surface area contributed by atoms with Gasteiger partial charge in [-0.1, -0.05) is 66.7 Å². The zero-order valence-corrected chi connectivity index (χ0v) is 13.9. The van der Waals surface area contributed by atoms with E-state index in [0.29, 0.717) is 5.56 Å². The SMILES string of the molecule is O=C(/C=C1/c2ccccc2-c2nc3ccccc3nc21)c1ccccc1. The summed E-state index contributed by atoms with van der Waals surface area (Å²) in [7, 11) is 0. The van der Waals surface area contributed by atoms with Gasteiger partial charge in [0.2, 0.25) is 0 Å². The number of para-hydroxylation sites is 2. The maximum Gasteiger partial charge on any atom is 0.186 e. The molecular formula is C23H14N2O. The Hall–Kier alpha value is -3.59. The summed E-state index contributed by atoms with van der Waals surface area (Å²) in [6, 6.07) is 25.1.